The summed E-state index contributed by atoms with van der Waals surface area (Å²) < 4.78 is 46.8. The van der Waals surface area contributed by atoms with E-state index in [4.69, 9.17) is 4.74 Å². The Morgan fingerprint density at radius 3 is 2.65 bits per heavy atom. The highest BCUT2D eigenvalue weighted by Gasteiger charge is 2.36. The van der Waals surface area contributed by atoms with Crippen LogP contribution < -0.4 is 5.32 Å². The van der Waals surface area contributed by atoms with Gasteiger partial charge in [0.05, 0.1) is 19.1 Å². The van der Waals surface area contributed by atoms with Gasteiger partial charge in [-0.1, -0.05) is 0 Å². The minimum absolute atomic E-state index is 0.158. The molecular formula is C17H24FN3O4S. The van der Waals surface area contributed by atoms with Gasteiger partial charge in [-0.15, -0.1) is 0 Å². The number of carbonyl (C=O) groups excluding carboxylic acids is 1. The van der Waals surface area contributed by atoms with Gasteiger partial charge in [0.15, 0.2) is 0 Å². The van der Waals surface area contributed by atoms with Crippen LogP contribution in [0.3, 0.4) is 0 Å². The van der Waals surface area contributed by atoms with Crippen LogP contribution in [0.4, 0.5) is 10.1 Å². The monoisotopic (exact) mass is 385 g/mol. The topological polar surface area (TPSA) is 79.0 Å². The number of piperidine rings is 1. The Hall–Kier alpha value is -1.55. The first-order valence-corrected chi connectivity index (χ1v) is 10.2. The third-order valence-electron chi connectivity index (χ3n) is 4.82. The summed E-state index contributed by atoms with van der Waals surface area (Å²) in [5.74, 6) is -1.02. The van der Waals surface area contributed by atoms with E-state index in [2.05, 4.69) is 5.32 Å². The maximum absolute atomic E-state index is 13.2. The van der Waals surface area contributed by atoms with Crippen molar-refractivity contribution in [3.8, 4) is 0 Å². The van der Waals surface area contributed by atoms with Crippen molar-refractivity contribution < 1.29 is 22.3 Å². The summed E-state index contributed by atoms with van der Waals surface area (Å²) in [7, 11) is -3.58. The molecule has 144 valence electrons. The lowest BCUT2D eigenvalue weighted by Crippen LogP contribution is -2.52. The molecule has 2 saturated heterocycles. The van der Waals surface area contributed by atoms with Crippen molar-refractivity contribution >= 4 is 21.8 Å². The van der Waals surface area contributed by atoms with Crippen LogP contribution in [0, 0.1) is 18.7 Å². The number of hydrogen-bond donors (Lipinski definition) is 1. The summed E-state index contributed by atoms with van der Waals surface area (Å²) in [6, 6.07) is 4.16. The number of rotatable bonds is 4. The van der Waals surface area contributed by atoms with E-state index in [1.165, 1.54) is 26.8 Å². The van der Waals surface area contributed by atoms with E-state index in [1.54, 1.807) is 6.92 Å². The zero-order valence-electron chi connectivity index (χ0n) is 14.8. The zero-order valence-corrected chi connectivity index (χ0v) is 15.6. The molecule has 7 nitrogen and oxygen atoms in total. The lowest BCUT2D eigenvalue weighted by Gasteiger charge is -2.36. The van der Waals surface area contributed by atoms with Crippen molar-refractivity contribution in [1.29, 1.82) is 0 Å². The Balaban J connectivity index is 1.66. The highest BCUT2D eigenvalue weighted by molar-refractivity contribution is 7.86. The molecule has 2 heterocycles. The zero-order chi connectivity index (χ0) is 18.7. The standard InChI is InChI=1S/C17H24FN3O4S/c1-13-11-15(18)4-5-16(13)19-17(22)14-3-2-6-21(12-14)26(23,24)20-7-9-25-10-8-20/h4-5,11,14H,2-3,6-10,12H2,1H3,(H,19,22). The van der Waals surface area contributed by atoms with Gasteiger partial charge in [-0.25, -0.2) is 4.39 Å². The SMILES string of the molecule is Cc1cc(F)ccc1NC(=O)C1CCCN(S(=O)(=O)N2CCOCC2)C1. The Morgan fingerprint density at radius 1 is 1.23 bits per heavy atom. The highest BCUT2D eigenvalue weighted by Crippen LogP contribution is 2.24. The van der Waals surface area contributed by atoms with Gasteiger partial charge in [0.25, 0.3) is 10.2 Å². The second-order valence-corrected chi connectivity index (χ2v) is 8.59. The van der Waals surface area contributed by atoms with Gasteiger partial charge >= 0.3 is 0 Å². The lowest BCUT2D eigenvalue weighted by molar-refractivity contribution is -0.120. The lowest BCUT2D eigenvalue weighted by atomic mass is 9.98. The third-order valence-corrected chi connectivity index (χ3v) is 6.83. The molecule has 0 radical (unpaired) electrons. The molecule has 0 saturated carbocycles. The number of benzene rings is 1. The molecule has 1 amide bonds. The Morgan fingerprint density at radius 2 is 1.96 bits per heavy atom. The first-order valence-electron chi connectivity index (χ1n) is 8.78. The molecule has 1 aromatic carbocycles. The number of aryl methyl sites for hydroxylation is 1. The molecule has 0 spiro atoms. The number of nitrogens with one attached hydrogen (secondary N) is 1. The molecule has 0 bridgehead atoms. The molecule has 1 aromatic rings. The van der Waals surface area contributed by atoms with E-state index in [9.17, 15) is 17.6 Å². The number of ether oxygens (including phenoxy) is 1. The van der Waals surface area contributed by atoms with Crippen molar-refractivity contribution in [2.24, 2.45) is 5.92 Å². The molecule has 1 N–H and O–H groups in total. The fourth-order valence-electron chi connectivity index (χ4n) is 3.31. The number of anilines is 1. The van der Waals surface area contributed by atoms with Gasteiger partial charge in [-0.3, -0.25) is 4.79 Å². The van der Waals surface area contributed by atoms with E-state index in [0.717, 1.165) is 0 Å². The maximum atomic E-state index is 13.2. The third kappa shape index (κ3) is 4.22. The van der Waals surface area contributed by atoms with Gasteiger partial charge in [0.2, 0.25) is 5.91 Å². The van der Waals surface area contributed by atoms with Crippen LogP contribution in [0.15, 0.2) is 18.2 Å². The van der Waals surface area contributed by atoms with E-state index in [1.807, 2.05) is 0 Å². The van der Waals surface area contributed by atoms with Crippen LogP contribution in [0.1, 0.15) is 18.4 Å². The largest absolute Gasteiger partial charge is 0.379 e. The number of morpholine rings is 1. The van der Waals surface area contributed by atoms with Crippen LogP contribution in [-0.4, -0.2) is 62.3 Å². The minimum Gasteiger partial charge on any atom is -0.379 e. The number of halogens is 1. The molecule has 0 aromatic heterocycles. The van der Waals surface area contributed by atoms with Gasteiger partial charge in [0, 0.05) is 31.9 Å². The number of amides is 1. The minimum atomic E-state index is -3.58. The van der Waals surface area contributed by atoms with Crippen molar-refractivity contribution in [2.45, 2.75) is 19.8 Å². The van der Waals surface area contributed by atoms with Crippen LogP contribution in [0.5, 0.6) is 0 Å². The molecular weight excluding hydrogens is 361 g/mol. The van der Waals surface area contributed by atoms with Crippen molar-refractivity contribution in [3.05, 3.63) is 29.6 Å². The summed E-state index contributed by atoms with van der Waals surface area (Å²) in [6.45, 7) is 3.75. The van der Waals surface area contributed by atoms with Crippen molar-refractivity contribution in [2.75, 3.05) is 44.7 Å². The van der Waals surface area contributed by atoms with Crippen LogP contribution in [-0.2, 0) is 19.7 Å². The number of hydrogen-bond acceptors (Lipinski definition) is 4. The second kappa shape index (κ2) is 7.99. The molecule has 9 heteroatoms. The Bertz CT molecular complexity index is 765. The molecule has 1 unspecified atom stereocenters. The highest BCUT2D eigenvalue weighted by atomic mass is 32.2. The number of carbonyl (C=O) groups is 1. The van der Waals surface area contributed by atoms with Gasteiger partial charge in [-0.05, 0) is 43.5 Å². The molecule has 2 fully saturated rings. The molecule has 0 aliphatic carbocycles. The fraction of sp³-hybridized carbons (Fsp3) is 0.588. The van der Waals surface area contributed by atoms with E-state index in [-0.39, 0.29) is 18.3 Å². The van der Waals surface area contributed by atoms with Gasteiger partial charge in [0.1, 0.15) is 5.82 Å². The van der Waals surface area contributed by atoms with Crippen LogP contribution in [0.2, 0.25) is 0 Å². The first kappa shape index (κ1) is 19.2. The Kier molecular flexibility index (Phi) is 5.91. The average molecular weight is 385 g/mol. The summed E-state index contributed by atoms with van der Waals surface area (Å²) in [5.41, 5.74) is 1.18. The summed E-state index contributed by atoms with van der Waals surface area (Å²) in [5, 5.41) is 2.80. The molecule has 26 heavy (non-hydrogen) atoms. The predicted octanol–water partition coefficient (Wildman–Crippen LogP) is 1.36. The normalized spacial score (nSPS) is 22.9. The van der Waals surface area contributed by atoms with E-state index < -0.39 is 16.1 Å². The molecule has 3 rings (SSSR count). The summed E-state index contributed by atoms with van der Waals surface area (Å²) in [4.78, 5) is 12.6. The average Bonchev–Trinajstić information content (AvgIpc) is 2.65. The molecule has 2 aliphatic rings. The second-order valence-electron chi connectivity index (χ2n) is 6.66. The van der Waals surface area contributed by atoms with Crippen LogP contribution >= 0.6 is 0 Å². The predicted molar refractivity (Wildman–Crippen MR) is 95.4 cm³/mol. The maximum Gasteiger partial charge on any atom is 0.282 e. The fourth-order valence-corrected chi connectivity index (χ4v) is 4.97. The smallest absolute Gasteiger partial charge is 0.282 e. The quantitative estimate of drug-likeness (QED) is 0.849. The summed E-state index contributed by atoms with van der Waals surface area (Å²) in [6.07, 6.45) is 1.26. The van der Waals surface area contributed by atoms with E-state index in [0.29, 0.717) is 56.9 Å². The summed E-state index contributed by atoms with van der Waals surface area (Å²) >= 11 is 0. The first-order chi connectivity index (χ1) is 12.4. The van der Waals surface area contributed by atoms with Crippen molar-refractivity contribution in [3.63, 3.8) is 0 Å². The van der Waals surface area contributed by atoms with Gasteiger partial charge in [-0.2, -0.15) is 17.0 Å². The molecule has 1 atom stereocenters. The van der Waals surface area contributed by atoms with Crippen LogP contribution in [0.25, 0.3) is 0 Å². The Labute approximate surface area is 153 Å². The molecule has 2 aliphatic heterocycles. The number of nitrogens with zero attached hydrogens (tertiary/aromatic N) is 2. The van der Waals surface area contributed by atoms with Crippen molar-refractivity contribution in [1.82, 2.24) is 8.61 Å². The van der Waals surface area contributed by atoms with Gasteiger partial charge < -0.3 is 10.1 Å². The van der Waals surface area contributed by atoms with E-state index >= 15 is 0 Å².